The van der Waals surface area contributed by atoms with Crippen molar-refractivity contribution >= 4 is 23.6 Å². The Labute approximate surface area is 108 Å². The molecular formula is C13H19NO2S. The third-order valence-corrected chi connectivity index (χ3v) is 2.97. The summed E-state index contributed by atoms with van der Waals surface area (Å²) >= 11 is 3.82. The second-order valence-corrected chi connectivity index (χ2v) is 5.36. The number of carbonyl (C=O) groups excluding carboxylic acids is 1. The highest BCUT2D eigenvalue weighted by molar-refractivity contribution is 7.96. The van der Waals surface area contributed by atoms with E-state index in [2.05, 4.69) is 33.4 Å². The van der Waals surface area contributed by atoms with Crippen LogP contribution in [0.5, 0.6) is 5.75 Å². The van der Waals surface area contributed by atoms with E-state index in [1.807, 2.05) is 18.2 Å². The Bertz CT molecular complexity index is 424. The first-order valence-electron chi connectivity index (χ1n) is 5.42. The molecule has 94 valence electrons. The number of rotatable bonds is 2. The smallest absolute Gasteiger partial charge is 0.282 e. The molecule has 1 amide bonds. The van der Waals surface area contributed by atoms with Crippen molar-refractivity contribution in [2.45, 2.75) is 26.2 Å². The minimum Gasteiger partial charge on any atom is -0.496 e. The normalized spacial score (nSPS) is 11.2. The van der Waals surface area contributed by atoms with Crippen molar-refractivity contribution in [3.8, 4) is 5.75 Å². The van der Waals surface area contributed by atoms with Gasteiger partial charge in [-0.05, 0) is 23.6 Å². The van der Waals surface area contributed by atoms with Crippen molar-refractivity contribution in [1.29, 1.82) is 0 Å². The van der Waals surface area contributed by atoms with E-state index in [0.717, 1.165) is 17.0 Å². The number of benzene rings is 1. The molecule has 0 aliphatic heterocycles. The van der Waals surface area contributed by atoms with E-state index < -0.39 is 0 Å². The van der Waals surface area contributed by atoms with E-state index in [1.54, 1.807) is 14.2 Å². The number of hydrogen-bond acceptors (Lipinski definition) is 2. The van der Waals surface area contributed by atoms with Crippen LogP contribution < -0.4 is 9.64 Å². The van der Waals surface area contributed by atoms with Crippen molar-refractivity contribution in [3.05, 3.63) is 23.8 Å². The van der Waals surface area contributed by atoms with E-state index in [1.165, 1.54) is 4.90 Å². The Hall–Kier alpha value is -1.16. The maximum atomic E-state index is 11.2. The minimum atomic E-state index is -0.282. The molecule has 0 atom stereocenters. The van der Waals surface area contributed by atoms with Crippen LogP contribution >= 0.6 is 12.6 Å². The highest BCUT2D eigenvalue weighted by atomic mass is 32.1. The van der Waals surface area contributed by atoms with E-state index in [9.17, 15) is 4.79 Å². The fraction of sp³-hybridized carbons (Fsp3) is 0.462. The third-order valence-electron chi connectivity index (χ3n) is 2.67. The second kappa shape index (κ2) is 5.00. The van der Waals surface area contributed by atoms with Crippen LogP contribution in [0, 0.1) is 0 Å². The molecule has 0 saturated carbocycles. The summed E-state index contributed by atoms with van der Waals surface area (Å²) in [5, 5.41) is -0.282. The topological polar surface area (TPSA) is 29.5 Å². The summed E-state index contributed by atoms with van der Waals surface area (Å²) in [6, 6.07) is 5.69. The summed E-state index contributed by atoms with van der Waals surface area (Å²) in [7, 11) is 3.35. The summed E-state index contributed by atoms with van der Waals surface area (Å²) < 4.78 is 5.34. The van der Waals surface area contributed by atoms with Gasteiger partial charge in [0.05, 0.1) is 7.11 Å². The molecule has 0 saturated heterocycles. The van der Waals surface area contributed by atoms with Gasteiger partial charge in [-0.25, -0.2) is 0 Å². The average Bonchev–Trinajstić information content (AvgIpc) is 2.25. The lowest BCUT2D eigenvalue weighted by atomic mass is 9.86. The van der Waals surface area contributed by atoms with Gasteiger partial charge in [0.15, 0.2) is 0 Å². The second-order valence-electron chi connectivity index (χ2n) is 4.98. The van der Waals surface area contributed by atoms with Crippen LogP contribution in [0.25, 0.3) is 0 Å². The molecule has 0 fully saturated rings. The largest absolute Gasteiger partial charge is 0.496 e. The molecule has 1 aromatic carbocycles. The number of anilines is 1. The van der Waals surface area contributed by atoms with Crippen molar-refractivity contribution < 1.29 is 9.53 Å². The Morgan fingerprint density at radius 1 is 1.35 bits per heavy atom. The standard InChI is InChI=1S/C13H19NO2S/c1-13(2,3)10-8-9(14(4)12(15)17)6-7-11(10)16-5/h6-8H,1-5H3,(H,15,17). The van der Waals surface area contributed by atoms with Crippen LogP contribution in [-0.2, 0) is 5.41 Å². The van der Waals surface area contributed by atoms with Gasteiger partial charge < -0.3 is 9.64 Å². The molecule has 1 rings (SSSR count). The molecule has 3 nitrogen and oxygen atoms in total. The van der Waals surface area contributed by atoms with Gasteiger partial charge in [0.1, 0.15) is 5.75 Å². The van der Waals surface area contributed by atoms with Gasteiger partial charge in [0.2, 0.25) is 0 Å². The van der Waals surface area contributed by atoms with Crippen molar-refractivity contribution in [2.24, 2.45) is 0 Å². The lowest BCUT2D eigenvalue weighted by molar-refractivity contribution is 0.266. The maximum absolute atomic E-state index is 11.2. The van der Waals surface area contributed by atoms with Gasteiger partial charge in [0.25, 0.3) is 5.24 Å². The zero-order chi connectivity index (χ0) is 13.2. The van der Waals surface area contributed by atoms with E-state index >= 15 is 0 Å². The molecule has 0 N–H and O–H groups in total. The molecular weight excluding hydrogens is 234 g/mol. The number of amides is 1. The van der Waals surface area contributed by atoms with Crippen LogP contribution in [-0.4, -0.2) is 19.4 Å². The predicted octanol–water partition coefficient (Wildman–Crippen LogP) is 3.48. The minimum absolute atomic E-state index is 0.0398. The lowest BCUT2D eigenvalue weighted by Gasteiger charge is -2.24. The monoisotopic (exact) mass is 253 g/mol. The number of hydrogen-bond donors (Lipinski definition) is 1. The van der Waals surface area contributed by atoms with Gasteiger partial charge in [0, 0.05) is 18.3 Å². The van der Waals surface area contributed by atoms with Crippen molar-refractivity contribution in [1.82, 2.24) is 0 Å². The van der Waals surface area contributed by atoms with Crippen LogP contribution in [0.15, 0.2) is 18.2 Å². The first-order chi connectivity index (χ1) is 7.77. The van der Waals surface area contributed by atoms with E-state index in [0.29, 0.717) is 0 Å². The zero-order valence-corrected chi connectivity index (χ0v) is 11.8. The molecule has 0 unspecified atom stereocenters. The highest BCUT2D eigenvalue weighted by Gasteiger charge is 2.20. The summed E-state index contributed by atoms with van der Waals surface area (Å²) in [6.07, 6.45) is 0. The maximum Gasteiger partial charge on any atom is 0.282 e. The summed E-state index contributed by atoms with van der Waals surface area (Å²) in [6.45, 7) is 6.32. The number of methoxy groups -OCH3 is 1. The van der Waals surface area contributed by atoms with Gasteiger partial charge in [-0.15, -0.1) is 0 Å². The zero-order valence-electron chi connectivity index (χ0n) is 10.9. The molecule has 0 aliphatic rings. The molecule has 0 bridgehead atoms. The van der Waals surface area contributed by atoms with Crippen molar-refractivity contribution in [2.75, 3.05) is 19.1 Å². The fourth-order valence-electron chi connectivity index (χ4n) is 1.60. The summed E-state index contributed by atoms with van der Waals surface area (Å²) in [4.78, 5) is 12.7. The first kappa shape index (κ1) is 13.9. The van der Waals surface area contributed by atoms with Crippen LogP contribution in [0.3, 0.4) is 0 Å². The Morgan fingerprint density at radius 2 is 1.94 bits per heavy atom. The molecule has 0 aromatic heterocycles. The van der Waals surface area contributed by atoms with Crippen LogP contribution in [0.1, 0.15) is 26.3 Å². The number of nitrogens with zero attached hydrogens (tertiary/aromatic N) is 1. The van der Waals surface area contributed by atoms with Crippen LogP contribution in [0.4, 0.5) is 10.5 Å². The number of thiol groups is 1. The highest BCUT2D eigenvalue weighted by Crippen LogP contribution is 2.34. The lowest BCUT2D eigenvalue weighted by Crippen LogP contribution is -2.21. The van der Waals surface area contributed by atoms with Gasteiger partial charge in [-0.2, -0.15) is 0 Å². The Balaban J connectivity index is 3.27. The predicted molar refractivity (Wildman–Crippen MR) is 74.5 cm³/mol. The molecule has 1 aromatic rings. The third kappa shape index (κ3) is 3.16. The molecule has 0 aliphatic carbocycles. The molecule has 17 heavy (non-hydrogen) atoms. The first-order valence-corrected chi connectivity index (χ1v) is 5.87. The molecule has 0 heterocycles. The molecule has 0 spiro atoms. The molecule has 4 heteroatoms. The Morgan fingerprint density at radius 3 is 2.35 bits per heavy atom. The van der Waals surface area contributed by atoms with Crippen molar-refractivity contribution in [3.63, 3.8) is 0 Å². The van der Waals surface area contributed by atoms with E-state index in [4.69, 9.17) is 4.74 Å². The quantitative estimate of drug-likeness (QED) is 0.818. The van der Waals surface area contributed by atoms with Crippen LogP contribution in [0.2, 0.25) is 0 Å². The van der Waals surface area contributed by atoms with Gasteiger partial charge in [-0.1, -0.05) is 33.4 Å². The van der Waals surface area contributed by atoms with Gasteiger partial charge >= 0.3 is 0 Å². The number of carbonyl (C=O) groups is 1. The summed E-state index contributed by atoms with van der Waals surface area (Å²) in [5.74, 6) is 0.835. The average molecular weight is 253 g/mol. The van der Waals surface area contributed by atoms with Gasteiger partial charge in [-0.3, -0.25) is 4.79 Å². The summed E-state index contributed by atoms with van der Waals surface area (Å²) in [5.41, 5.74) is 1.84. The Kier molecular flexibility index (Phi) is 4.09. The van der Waals surface area contributed by atoms with E-state index in [-0.39, 0.29) is 10.7 Å². The SMILES string of the molecule is COc1ccc(N(C)C(=O)S)cc1C(C)(C)C. The fourth-order valence-corrected chi connectivity index (χ4v) is 1.72. The molecule has 0 radical (unpaired) electrons. The number of ether oxygens (including phenoxy) is 1.